The van der Waals surface area contributed by atoms with Gasteiger partial charge in [-0.3, -0.25) is 14.4 Å². The molecular weight excluding hydrogens is 440 g/mol. The summed E-state index contributed by atoms with van der Waals surface area (Å²) in [5.41, 5.74) is 1.87. The maximum Gasteiger partial charge on any atom is 0.257 e. The van der Waals surface area contributed by atoms with Crippen LogP contribution in [0.4, 0.5) is 5.69 Å². The number of carbonyl (C=O) groups is 3. The van der Waals surface area contributed by atoms with E-state index in [4.69, 9.17) is 16.3 Å². The summed E-state index contributed by atoms with van der Waals surface area (Å²) in [6.07, 6.45) is 0.474. The maximum atomic E-state index is 13.5. The molecule has 1 aliphatic rings. The Bertz CT molecular complexity index is 1160. The van der Waals surface area contributed by atoms with Crippen LogP contribution in [0.25, 0.3) is 0 Å². The molecule has 0 saturated carbocycles. The number of rotatable bonds is 7. The first kappa shape index (κ1) is 22.6. The Morgan fingerprint density at radius 3 is 2.45 bits per heavy atom. The first-order valence-electron chi connectivity index (χ1n) is 10.6. The molecule has 1 atom stereocenters. The van der Waals surface area contributed by atoms with E-state index in [0.717, 1.165) is 10.5 Å². The Kier molecular flexibility index (Phi) is 6.75. The third kappa shape index (κ3) is 4.91. The average Bonchev–Trinajstić information content (AvgIpc) is 3.14. The fraction of sp³-hybridized carbons (Fsp3) is 0.192. The summed E-state index contributed by atoms with van der Waals surface area (Å²) in [5, 5.41) is 0.507. The van der Waals surface area contributed by atoms with Gasteiger partial charge in [-0.1, -0.05) is 48.0 Å². The zero-order valence-corrected chi connectivity index (χ0v) is 18.9. The largest absolute Gasteiger partial charge is 0.497 e. The van der Waals surface area contributed by atoms with E-state index >= 15 is 0 Å². The van der Waals surface area contributed by atoms with E-state index in [1.54, 1.807) is 48.5 Å². The molecule has 168 valence electrons. The number of methoxy groups -OCH3 is 1. The van der Waals surface area contributed by atoms with E-state index in [1.807, 2.05) is 30.3 Å². The first-order chi connectivity index (χ1) is 16.0. The lowest BCUT2D eigenvalue weighted by atomic mass is 10.1. The molecule has 7 heteroatoms. The number of hydrogen-bond donors (Lipinski definition) is 0. The molecule has 1 fully saturated rings. The molecule has 3 aromatic rings. The molecule has 4 rings (SSSR count). The van der Waals surface area contributed by atoms with E-state index in [0.29, 0.717) is 28.4 Å². The van der Waals surface area contributed by atoms with Crippen molar-refractivity contribution in [1.82, 2.24) is 4.90 Å². The fourth-order valence-electron chi connectivity index (χ4n) is 3.94. The highest BCUT2D eigenvalue weighted by molar-refractivity contribution is 6.31. The van der Waals surface area contributed by atoms with Crippen LogP contribution in [0.1, 0.15) is 22.3 Å². The molecule has 6 nitrogen and oxygen atoms in total. The number of imide groups is 1. The maximum absolute atomic E-state index is 13.5. The highest BCUT2D eigenvalue weighted by Gasteiger charge is 2.44. The highest BCUT2D eigenvalue weighted by Crippen LogP contribution is 2.28. The molecule has 1 saturated heterocycles. The normalized spacial score (nSPS) is 15.6. The third-order valence-corrected chi connectivity index (χ3v) is 5.90. The van der Waals surface area contributed by atoms with Gasteiger partial charge in [0, 0.05) is 17.1 Å². The molecule has 0 N–H and O–H groups in total. The molecule has 0 aromatic heterocycles. The van der Waals surface area contributed by atoms with Gasteiger partial charge in [0.2, 0.25) is 5.91 Å². The first-order valence-corrected chi connectivity index (χ1v) is 11.0. The van der Waals surface area contributed by atoms with Gasteiger partial charge in [0.25, 0.3) is 11.8 Å². The quantitative estimate of drug-likeness (QED) is 0.489. The molecule has 0 bridgehead atoms. The van der Waals surface area contributed by atoms with Gasteiger partial charge in [-0.15, -0.1) is 0 Å². The van der Waals surface area contributed by atoms with Crippen LogP contribution in [0.5, 0.6) is 5.75 Å². The van der Waals surface area contributed by atoms with Crippen LogP contribution in [0.3, 0.4) is 0 Å². The predicted molar refractivity (Wildman–Crippen MR) is 127 cm³/mol. The van der Waals surface area contributed by atoms with Gasteiger partial charge >= 0.3 is 0 Å². The molecule has 0 spiro atoms. The van der Waals surface area contributed by atoms with Gasteiger partial charge < -0.3 is 9.64 Å². The molecule has 1 aliphatic heterocycles. The van der Waals surface area contributed by atoms with Crippen molar-refractivity contribution < 1.29 is 19.1 Å². The van der Waals surface area contributed by atoms with Gasteiger partial charge in [-0.05, 0) is 54.4 Å². The third-order valence-electron chi connectivity index (χ3n) is 5.65. The number of benzene rings is 3. The minimum atomic E-state index is -0.893. The summed E-state index contributed by atoms with van der Waals surface area (Å²) in [7, 11) is 1.53. The van der Waals surface area contributed by atoms with E-state index in [1.165, 1.54) is 12.0 Å². The minimum Gasteiger partial charge on any atom is -0.497 e. The topological polar surface area (TPSA) is 66.9 Å². The highest BCUT2D eigenvalue weighted by atomic mass is 35.5. The molecule has 1 unspecified atom stereocenters. The van der Waals surface area contributed by atoms with Gasteiger partial charge in [0.05, 0.1) is 19.2 Å². The van der Waals surface area contributed by atoms with Crippen LogP contribution < -0.4 is 9.64 Å². The van der Waals surface area contributed by atoms with Gasteiger partial charge in [0.15, 0.2) is 0 Å². The lowest BCUT2D eigenvalue weighted by Gasteiger charge is -2.28. The van der Waals surface area contributed by atoms with Crippen molar-refractivity contribution in [2.75, 3.05) is 18.6 Å². The summed E-state index contributed by atoms with van der Waals surface area (Å²) < 4.78 is 5.25. The predicted octanol–water partition coefficient (Wildman–Crippen LogP) is 4.37. The second kappa shape index (κ2) is 9.88. The van der Waals surface area contributed by atoms with E-state index < -0.39 is 11.9 Å². The van der Waals surface area contributed by atoms with Crippen molar-refractivity contribution in [3.05, 3.63) is 95.0 Å². The number of nitrogens with zero attached hydrogens (tertiary/aromatic N) is 2. The summed E-state index contributed by atoms with van der Waals surface area (Å²) in [6, 6.07) is 22.1. The van der Waals surface area contributed by atoms with Gasteiger partial charge in [-0.2, -0.15) is 0 Å². The number of halogens is 1. The Morgan fingerprint density at radius 1 is 1.03 bits per heavy atom. The van der Waals surface area contributed by atoms with Crippen molar-refractivity contribution in [3.8, 4) is 5.75 Å². The zero-order chi connectivity index (χ0) is 23.4. The molecular formula is C26H23ClN2O4. The SMILES string of the molecule is COc1cccc(C(=O)N(CCc2ccccc2)C2CC(=O)N(c3ccc(Cl)cc3)C2=O)c1. The molecule has 3 amide bonds. The van der Waals surface area contributed by atoms with Crippen LogP contribution in [0.15, 0.2) is 78.9 Å². The van der Waals surface area contributed by atoms with Gasteiger partial charge in [0.1, 0.15) is 11.8 Å². The van der Waals surface area contributed by atoms with E-state index in [-0.39, 0.29) is 24.8 Å². The summed E-state index contributed by atoms with van der Waals surface area (Å²) in [5.74, 6) is -0.559. The van der Waals surface area contributed by atoms with Crippen LogP contribution in [0.2, 0.25) is 5.02 Å². The number of hydrogen-bond acceptors (Lipinski definition) is 4. The Morgan fingerprint density at radius 2 is 1.76 bits per heavy atom. The van der Waals surface area contributed by atoms with Crippen molar-refractivity contribution in [2.45, 2.75) is 18.9 Å². The number of anilines is 1. The second-order valence-corrected chi connectivity index (χ2v) is 8.17. The summed E-state index contributed by atoms with van der Waals surface area (Å²) in [6.45, 7) is 0.290. The van der Waals surface area contributed by atoms with Crippen LogP contribution in [0, 0.1) is 0 Å². The molecule has 0 radical (unpaired) electrons. The average molecular weight is 463 g/mol. The monoisotopic (exact) mass is 462 g/mol. The van der Waals surface area contributed by atoms with E-state index in [9.17, 15) is 14.4 Å². The Balaban J connectivity index is 1.64. The van der Waals surface area contributed by atoms with Crippen molar-refractivity contribution in [3.63, 3.8) is 0 Å². The van der Waals surface area contributed by atoms with Crippen molar-refractivity contribution in [2.24, 2.45) is 0 Å². The van der Waals surface area contributed by atoms with Crippen molar-refractivity contribution in [1.29, 1.82) is 0 Å². The van der Waals surface area contributed by atoms with E-state index in [2.05, 4.69) is 0 Å². The standard InChI is InChI=1S/C26H23ClN2O4/c1-33-22-9-5-8-19(16-22)25(31)28(15-14-18-6-3-2-4-7-18)23-17-24(30)29(26(23)32)21-12-10-20(27)11-13-21/h2-13,16,23H,14-15,17H2,1H3. The van der Waals surface area contributed by atoms with Crippen LogP contribution >= 0.6 is 11.6 Å². The minimum absolute atomic E-state index is 0.0774. The molecule has 1 heterocycles. The number of ether oxygens (including phenoxy) is 1. The Labute approximate surface area is 197 Å². The lowest BCUT2D eigenvalue weighted by Crippen LogP contribution is -2.46. The van der Waals surface area contributed by atoms with Gasteiger partial charge in [-0.25, -0.2) is 4.90 Å². The summed E-state index contributed by atoms with van der Waals surface area (Å²) >= 11 is 5.95. The number of carbonyl (C=O) groups excluding carboxylic acids is 3. The second-order valence-electron chi connectivity index (χ2n) is 7.73. The molecule has 33 heavy (non-hydrogen) atoms. The molecule has 0 aliphatic carbocycles. The van der Waals surface area contributed by atoms with Crippen LogP contribution in [-0.4, -0.2) is 42.3 Å². The fourth-order valence-corrected chi connectivity index (χ4v) is 4.06. The van der Waals surface area contributed by atoms with Crippen LogP contribution in [-0.2, 0) is 16.0 Å². The molecule has 3 aromatic carbocycles. The lowest BCUT2D eigenvalue weighted by molar-refractivity contribution is -0.122. The zero-order valence-electron chi connectivity index (χ0n) is 18.1. The Hall–Kier alpha value is -3.64. The van der Waals surface area contributed by atoms with Crippen molar-refractivity contribution >= 4 is 35.0 Å². The smallest absolute Gasteiger partial charge is 0.257 e. The number of amides is 3. The summed E-state index contributed by atoms with van der Waals surface area (Å²) in [4.78, 5) is 42.4.